The van der Waals surface area contributed by atoms with E-state index in [1.807, 2.05) is 6.07 Å². The van der Waals surface area contributed by atoms with Gasteiger partial charge in [0.25, 0.3) is 17.7 Å². The maximum absolute atomic E-state index is 14.8. The number of amides is 3. The van der Waals surface area contributed by atoms with E-state index in [2.05, 4.69) is 10.3 Å². The smallest absolute Gasteiger partial charge is 0.252 e. The minimum atomic E-state index is -2.95. The summed E-state index contributed by atoms with van der Waals surface area (Å²) in [7, 11) is 0. The highest BCUT2D eigenvalue weighted by Gasteiger charge is 2.57. The van der Waals surface area contributed by atoms with Crippen molar-refractivity contribution in [1.82, 2.24) is 10.3 Å². The molecule has 1 saturated carbocycles. The molecule has 2 aliphatic carbocycles. The van der Waals surface area contributed by atoms with Gasteiger partial charge in [-0.25, -0.2) is 22.5 Å². The van der Waals surface area contributed by atoms with Gasteiger partial charge in [0, 0.05) is 37.2 Å². The zero-order chi connectivity index (χ0) is 30.5. The first-order valence-corrected chi connectivity index (χ1v) is 13.8. The molecule has 0 bridgehead atoms. The summed E-state index contributed by atoms with van der Waals surface area (Å²) in [6.45, 7) is 0. The number of carbonyl (C=O) groups excluding carboxylic acids is 3. The topological polar surface area (TPSA) is 106 Å². The summed E-state index contributed by atoms with van der Waals surface area (Å²) < 4.78 is 56.9. The third-order valence-electron chi connectivity index (χ3n) is 8.36. The van der Waals surface area contributed by atoms with Crippen LogP contribution in [0.2, 0.25) is 0 Å². The van der Waals surface area contributed by atoms with E-state index >= 15 is 0 Å². The molecule has 2 heterocycles. The average Bonchev–Trinajstić information content (AvgIpc) is 3.53. The van der Waals surface area contributed by atoms with Crippen LogP contribution in [0.25, 0.3) is 0 Å². The highest BCUT2D eigenvalue weighted by molar-refractivity contribution is 6.12. The second-order valence-corrected chi connectivity index (χ2v) is 11.1. The number of nitrogens with one attached hydrogen (secondary N) is 1. The molecule has 6 rings (SSSR count). The fraction of sp³-hybridized carbons (Fsp3) is 0.323. The molecule has 0 unspecified atom stereocenters. The predicted molar refractivity (Wildman–Crippen MR) is 146 cm³/mol. The largest absolute Gasteiger partial charge is 0.351 e. The lowest BCUT2D eigenvalue weighted by molar-refractivity contribution is -0.137. The van der Waals surface area contributed by atoms with Crippen LogP contribution in [-0.2, 0) is 26.3 Å². The number of hydrogen-bond donors (Lipinski definition) is 1. The molecule has 2 aromatic carbocycles. The molecule has 3 aliphatic rings. The first-order chi connectivity index (χ1) is 20.5. The molecular weight excluding hydrogens is 566 g/mol. The van der Waals surface area contributed by atoms with Crippen molar-refractivity contribution in [3.8, 4) is 6.07 Å². The maximum atomic E-state index is 14.8. The molecule has 1 aliphatic heterocycles. The molecule has 1 saturated heterocycles. The van der Waals surface area contributed by atoms with Crippen molar-refractivity contribution < 1.29 is 31.9 Å². The summed E-state index contributed by atoms with van der Waals surface area (Å²) in [6.07, 6.45) is 0.297. The van der Waals surface area contributed by atoms with Gasteiger partial charge in [-0.1, -0.05) is 12.1 Å². The van der Waals surface area contributed by atoms with Crippen molar-refractivity contribution in [3.05, 3.63) is 89.1 Å². The van der Waals surface area contributed by atoms with Gasteiger partial charge in [-0.3, -0.25) is 24.2 Å². The lowest BCUT2D eigenvalue weighted by Crippen LogP contribution is -2.64. The Morgan fingerprint density at radius 3 is 2.53 bits per heavy atom. The van der Waals surface area contributed by atoms with Crippen LogP contribution >= 0.6 is 0 Å². The van der Waals surface area contributed by atoms with E-state index in [4.69, 9.17) is 0 Å². The van der Waals surface area contributed by atoms with E-state index < -0.39 is 65.7 Å². The molecule has 1 N–H and O–H groups in total. The van der Waals surface area contributed by atoms with Gasteiger partial charge < -0.3 is 5.32 Å². The van der Waals surface area contributed by atoms with Crippen molar-refractivity contribution in [2.45, 2.75) is 62.1 Å². The summed E-state index contributed by atoms with van der Waals surface area (Å²) >= 11 is 0. The molecule has 12 heteroatoms. The lowest BCUT2D eigenvalue weighted by atomic mass is 9.83. The van der Waals surface area contributed by atoms with Crippen molar-refractivity contribution in [2.75, 3.05) is 9.80 Å². The Kier molecular flexibility index (Phi) is 6.91. The zero-order valence-electron chi connectivity index (χ0n) is 22.7. The van der Waals surface area contributed by atoms with Crippen LogP contribution in [0.15, 0.2) is 60.8 Å². The number of nitriles is 1. The number of benzene rings is 2. The van der Waals surface area contributed by atoms with Gasteiger partial charge >= 0.3 is 0 Å². The van der Waals surface area contributed by atoms with Gasteiger partial charge in [0.05, 0.1) is 11.6 Å². The first-order valence-electron chi connectivity index (χ1n) is 13.8. The second-order valence-electron chi connectivity index (χ2n) is 11.1. The molecule has 3 aromatic rings. The number of halogens is 4. The molecule has 2 fully saturated rings. The number of aryl methyl sites for hydroxylation is 1. The van der Waals surface area contributed by atoms with Crippen LogP contribution in [0, 0.1) is 23.0 Å². The highest BCUT2D eigenvalue weighted by atomic mass is 19.3. The average molecular weight is 592 g/mol. The fourth-order valence-corrected chi connectivity index (χ4v) is 6.36. The number of alkyl halides is 2. The minimum Gasteiger partial charge on any atom is -0.351 e. The fourth-order valence-electron chi connectivity index (χ4n) is 6.36. The number of fused-ring (bicyclic) bond motifs is 1. The summed E-state index contributed by atoms with van der Waals surface area (Å²) in [4.78, 5) is 48.5. The Bertz CT molecular complexity index is 1680. The van der Waals surface area contributed by atoms with Gasteiger partial charge in [-0.15, -0.1) is 0 Å². The van der Waals surface area contributed by atoms with Crippen molar-refractivity contribution in [1.29, 1.82) is 5.26 Å². The molecule has 0 spiro atoms. The predicted octanol–water partition coefficient (Wildman–Crippen LogP) is 4.52. The van der Waals surface area contributed by atoms with Crippen molar-refractivity contribution >= 4 is 29.2 Å². The van der Waals surface area contributed by atoms with Crippen LogP contribution in [-0.4, -0.2) is 40.7 Å². The molecule has 43 heavy (non-hydrogen) atoms. The number of anilines is 2. The molecule has 8 nitrogen and oxygen atoms in total. The zero-order valence-corrected chi connectivity index (χ0v) is 22.7. The Morgan fingerprint density at radius 1 is 1.05 bits per heavy atom. The maximum Gasteiger partial charge on any atom is 0.252 e. The van der Waals surface area contributed by atoms with Gasteiger partial charge in [0.1, 0.15) is 23.5 Å². The van der Waals surface area contributed by atoms with E-state index in [0.29, 0.717) is 5.56 Å². The first kappa shape index (κ1) is 28.3. The number of rotatable bonds is 6. The molecule has 2 atom stereocenters. The minimum absolute atomic E-state index is 0.0184. The number of hydrogen-bond acceptors (Lipinski definition) is 5. The third-order valence-corrected chi connectivity index (χ3v) is 8.36. The van der Waals surface area contributed by atoms with Gasteiger partial charge in [0.15, 0.2) is 5.54 Å². The summed E-state index contributed by atoms with van der Waals surface area (Å²) in [5.74, 6) is -6.33. The number of pyridine rings is 1. The van der Waals surface area contributed by atoms with E-state index in [-0.39, 0.29) is 48.3 Å². The summed E-state index contributed by atoms with van der Waals surface area (Å²) in [5, 5.41) is 12.0. The Morgan fingerprint density at radius 2 is 1.81 bits per heavy atom. The summed E-state index contributed by atoms with van der Waals surface area (Å²) in [5.41, 5.74) is -1.08. The standard InChI is InChI=1S/C31H25F4N5O3/c32-20-2-1-3-23(13-20)40(28(42)25-6-7-27(41)39(25)26-12-18(17-36)9-11-37-26)31(29(43)38-22-15-30(34,35)16-22)10-8-19-4-5-21(33)14-24(19)31/h1-5,9,11-14,22,25H,6-8,10,15-16H2,(H,38,43)/t25-,31-/m0/s1. The normalized spacial score (nSPS) is 22.4. The molecule has 220 valence electrons. The van der Waals surface area contributed by atoms with Crippen LogP contribution < -0.4 is 15.1 Å². The van der Waals surface area contributed by atoms with Crippen LogP contribution in [0.1, 0.15) is 48.8 Å². The monoisotopic (exact) mass is 591 g/mol. The van der Waals surface area contributed by atoms with Crippen LogP contribution in [0.3, 0.4) is 0 Å². The SMILES string of the molecule is N#Cc1ccnc(N2C(=O)CC[C@H]2C(=O)N(c2cccc(F)c2)[C@@]2(C(=O)NC3CC(F)(F)C3)CCc3ccc(F)cc32)c1. The highest BCUT2D eigenvalue weighted by Crippen LogP contribution is 2.47. The number of carbonyl (C=O) groups is 3. The molecule has 3 amide bonds. The van der Waals surface area contributed by atoms with E-state index in [9.17, 15) is 37.2 Å². The van der Waals surface area contributed by atoms with E-state index in [1.54, 1.807) is 0 Å². The molecule has 0 radical (unpaired) electrons. The molecular formula is C31H25F4N5O3. The van der Waals surface area contributed by atoms with Crippen molar-refractivity contribution in [2.24, 2.45) is 0 Å². The number of aromatic nitrogens is 1. The van der Waals surface area contributed by atoms with E-state index in [0.717, 1.165) is 28.0 Å². The lowest BCUT2D eigenvalue weighted by Gasteiger charge is -2.45. The quantitative estimate of drug-likeness (QED) is 0.425. The van der Waals surface area contributed by atoms with Crippen LogP contribution in [0.4, 0.5) is 29.1 Å². The van der Waals surface area contributed by atoms with Gasteiger partial charge in [-0.05, 0) is 72.9 Å². The Hall–Kier alpha value is -4.79. The van der Waals surface area contributed by atoms with Gasteiger partial charge in [0.2, 0.25) is 5.91 Å². The Labute approximate surface area is 243 Å². The third kappa shape index (κ3) is 4.88. The summed E-state index contributed by atoms with van der Waals surface area (Å²) in [6, 6.07) is 11.5. The number of nitrogens with zero attached hydrogens (tertiary/aromatic N) is 4. The Balaban J connectivity index is 1.51. The van der Waals surface area contributed by atoms with Crippen molar-refractivity contribution in [3.63, 3.8) is 0 Å². The second kappa shape index (κ2) is 10.5. The van der Waals surface area contributed by atoms with E-state index in [1.165, 1.54) is 42.6 Å². The van der Waals surface area contributed by atoms with Gasteiger partial charge in [-0.2, -0.15) is 5.26 Å². The van der Waals surface area contributed by atoms with Crippen LogP contribution in [0.5, 0.6) is 0 Å². The molecule has 1 aromatic heterocycles.